The first-order chi connectivity index (χ1) is 12.3. The van der Waals surface area contributed by atoms with E-state index in [4.69, 9.17) is 9.72 Å². The maximum Gasteiger partial charge on any atom is 0.119 e. The molecule has 4 aliphatic rings. The van der Waals surface area contributed by atoms with Crippen molar-refractivity contribution >= 4 is 33.5 Å². The van der Waals surface area contributed by atoms with Gasteiger partial charge in [0.2, 0.25) is 0 Å². The van der Waals surface area contributed by atoms with Gasteiger partial charge in [0.05, 0.1) is 24.9 Å². The average molecular weight is 465 g/mol. The fourth-order valence-corrected chi connectivity index (χ4v) is 6.37. The van der Waals surface area contributed by atoms with Crippen LogP contribution in [0.2, 0.25) is 0 Å². The molecule has 0 aliphatic carbocycles. The number of piperidine rings is 2. The summed E-state index contributed by atoms with van der Waals surface area (Å²) < 4.78 is 6.46. The van der Waals surface area contributed by atoms with Crippen LogP contribution in [0, 0.1) is 14.5 Å². The lowest BCUT2D eigenvalue weighted by molar-refractivity contribution is -0.254. The number of ether oxygens (including phenoxy) is 1. The van der Waals surface area contributed by atoms with Crippen LogP contribution in [0.25, 0.3) is 10.9 Å². The summed E-state index contributed by atoms with van der Waals surface area (Å²) in [4.78, 5) is 9.95. The fraction of sp³-hybridized carbons (Fsp3) is 0.550. The first-order valence-corrected chi connectivity index (χ1v) is 10.2. The molecule has 1 aromatic heterocycles. The number of pyridine rings is 1. The van der Waals surface area contributed by atoms with E-state index in [-0.39, 0.29) is 23.1 Å². The Bertz CT molecular complexity index is 864. The van der Waals surface area contributed by atoms with Crippen LogP contribution in [0.3, 0.4) is 0 Å². The van der Waals surface area contributed by atoms with Crippen LogP contribution >= 0.6 is 22.6 Å². The summed E-state index contributed by atoms with van der Waals surface area (Å²) in [7, 11) is 1.70. The largest absolute Gasteiger partial charge is 0.497 e. The Morgan fingerprint density at radius 2 is 1.73 bits per heavy atom. The van der Waals surface area contributed by atoms with E-state index < -0.39 is 0 Å². The third-order valence-corrected chi connectivity index (χ3v) is 7.41. The van der Waals surface area contributed by atoms with Crippen molar-refractivity contribution in [2.75, 3.05) is 33.3 Å². The standard InChI is InChI=1S/C20H24IN3O2/c1-19-8-23-10-20(2,18(19)25)11-24(9-19)17(23)14-7-12-6-13(26-3)4-5-15(12)22-16(14)21/h4-7,17-18,25H,8-11H2,1-3H3. The summed E-state index contributed by atoms with van der Waals surface area (Å²) in [6, 6.07) is 8.33. The number of nitrogens with zero attached hydrogens (tertiary/aromatic N) is 3. The number of halogens is 1. The maximum absolute atomic E-state index is 10.9. The Kier molecular flexibility index (Phi) is 3.65. The second kappa shape index (κ2) is 5.53. The number of hydrogen-bond acceptors (Lipinski definition) is 5. The van der Waals surface area contributed by atoms with E-state index in [1.807, 2.05) is 12.1 Å². The Hall–Kier alpha value is -0.960. The fourth-order valence-electron chi connectivity index (χ4n) is 5.68. The van der Waals surface area contributed by atoms with Crippen molar-refractivity contribution < 1.29 is 9.84 Å². The van der Waals surface area contributed by atoms with Crippen LogP contribution < -0.4 is 4.74 Å². The highest BCUT2D eigenvalue weighted by atomic mass is 127. The predicted octanol–water partition coefficient (Wildman–Crippen LogP) is 2.86. The van der Waals surface area contributed by atoms with Crippen LogP contribution in [0.1, 0.15) is 25.6 Å². The molecule has 2 aromatic rings. The van der Waals surface area contributed by atoms with Crippen molar-refractivity contribution in [3.63, 3.8) is 0 Å². The van der Waals surface area contributed by atoms with E-state index in [1.54, 1.807) is 7.11 Å². The number of hydrogen-bond donors (Lipinski definition) is 1. The summed E-state index contributed by atoms with van der Waals surface area (Å²) in [5.74, 6) is 0.861. The van der Waals surface area contributed by atoms with Gasteiger partial charge in [-0.05, 0) is 46.9 Å². The number of fused-ring (bicyclic) bond motifs is 1. The number of aliphatic hydroxyl groups is 1. The molecule has 138 valence electrons. The van der Waals surface area contributed by atoms with Gasteiger partial charge >= 0.3 is 0 Å². The second-order valence-corrected chi connectivity index (χ2v) is 9.84. The summed E-state index contributed by atoms with van der Waals surface area (Å²) in [6.07, 6.45) is 0.0279. The number of benzene rings is 1. The maximum atomic E-state index is 10.9. The van der Waals surface area contributed by atoms with E-state index in [9.17, 15) is 5.11 Å². The van der Waals surface area contributed by atoms with E-state index in [1.165, 1.54) is 5.56 Å². The highest BCUT2D eigenvalue weighted by molar-refractivity contribution is 14.1. The van der Waals surface area contributed by atoms with E-state index >= 15 is 0 Å². The van der Waals surface area contributed by atoms with Gasteiger partial charge in [0.15, 0.2) is 0 Å². The lowest BCUT2D eigenvalue weighted by atomic mass is 9.60. The molecular weight excluding hydrogens is 441 g/mol. The van der Waals surface area contributed by atoms with Crippen molar-refractivity contribution in [1.82, 2.24) is 14.8 Å². The first-order valence-electron chi connectivity index (χ1n) is 9.13. The molecule has 0 atom stereocenters. The molecular formula is C20H24IN3O2. The number of aliphatic hydroxyl groups excluding tert-OH is 1. The van der Waals surface area contributed by atoms with Gasteiger partial charge in [0, 0.05) is 48.0 Å². The lowest BCUT2D eigenvalue weighted by Gasteiger charge is -2.68. The van der Waals surface area contributed by atoms with E-state index in [0.717, 1.165) is 46.5 Å². The molecule has 0 spiro atoms. The van der Waals surface area contributed by atoms with Crippen LogP contribution in [-0.2, 0) is 0 Å². The molecule has 4 fully saturated rings. The molecule has 5 heterocycles. The van der Waals surface area contributed by atoms with Crippen LogP contribution in [0.15, 0.2) is 24.3 Å². The zero-order valence-electron chi connectivity index (χ0n) is 15.4. The number of rotatable bonds is 2. The average Bonchev–Trinajstić information content (AvgIpc) is 2.58. The quantitative estimate of drug-likeness (QED) is 0.546. The summed E-state index contributed by atoms with van der Waals surface area (Å²) in [5, 5.41) is 12.0. The van der Waals surface area contributed by atoms with Crippen molar-refractivity contribution in [2.45, 2.75) is 26.1 Å². The van der Waals surface area contributed by atoms with Crippen molar-refractivity contribution in [3.05, 3.63) is 33.5 Å². The van der Waals surface area contributed by atoms with Gasteiger partial charge < -0.3 is 9.84 Å². The molecule has 4 saturated heterocycles. The third-order valence-electron chi connectivity index (χ3n) is 6.55. The molecule has 26 heavy (non-hydrogen) atoms. The molecule has 0 unspecified atom stereocenters. The van der Waals surface area contributed by atoms with Gasteiger partial charge in [-0.3, -0.25) is 9.80 Å². The molecule has 1 N–H and O–H groups in total. The van der Waals surface area contributed by atoms with E-state index in [2.05, 4.69) is 58.4 Å². The Labute approximate surface area is 167 Å². The van der Waals surface area contributed by atoms with Gasteiger partial charge in [-0.1, -0.05) is 13.8 Å². The molecule has 1 aromatic carbocycles. The van der Waals surface area contributed by atoms with Gasteiger partial charge in [-0.2, -0.15) is 0 Å². The van der Waals surface area contributed by atoms with Gasteiger partial charge in [-0.15, -0.1) is 0 Å². The SMILES string of the molecule is COc1ccc2nc(I)c(C3N4CC5(C)CN3CC(C)(C4)C5O)cc2c1. The molecule has 6 heteroatoms. The summed E-state index contributed by atoms with van der Waals surface area (Å²) in [5.41, 5.74) is 2.19. The van der Waals surface area contributed by atoms with Gasteiger partial charge in [0.1, 0.15) is 9.45 Å². The van der Waals surface area contributed by atoms with Crippen molar-refractivity contribution in [1.29, 1.82) is 0 Å². The van der Waals surface area contributed by atoms with E-state index in [0.29, 0.717) is 0 Å². The normalized spacial score (nSPS) is 41.0. The zero-order chi connectivity index (χ0) is 18.3. The first kappa shape index (κ1) is 17.2. The summed E-state index contributed by atoms with van der Waals surface area (Å²) in [6.45, 7) is 8.24. The topological polar surface area (TPSA) is 48.8 Å². The van der Waals surface area contributed by atoms with Gasteiger partial charge in [0.25, 0.3) is 0 Å². The van der Waals surface area contributed by atoms with Crippen molar-refractivity contribution in [3.8, 4) is 5.75 Å². The third kappa shape index (κ3) is 2.28. The number of methoxy groups -OCH3 is 1. The van der Waals surface area contributed by atoms with Crippen molar-refractivity contribution in [2.24, 2.45) is 10.8 Å². The monoisotopic (exact) mass is 465 g/mol. The highest BCUT2D eigenvalue weighted by Crippen LogP contribution is 2.54. The minimum atomic E-state index is -0.221. The number of aromatic nitrogens is 1. The van der Waals surface area contributed by atoms with Crippen LogP contribution in [0.5, 0.6) is 5.75 Å². The molecule has 6 rings (SSSR count). The lowest BCUT2D eigenvalue weighted by Crippen LogP contribution is -2.76. The molecule has 0 radical (unpaired) electrons. The minimum absolute atomic E-state index is 0.0410. The Morgan fingerprint density at radius 3 is 2.31 bits per heavy atom. The Balaban J connectivity index is 1.60. The highest BCUT2D eigenvalue weighted by Gasteiger charge is 2.62. The summed E-state index contributed by atoms with van der Waals surface area (Å²) >= 11 is 2.37. The minimum Gasteiger partial charge on any atom is -0.497 e. The molecule has 4 bridgehead atoms. The second-order valence-electron chi connectivity index (χ2n) is 8.82. The van der Waals surface area contributed by atoms with Crippen LogP contribution in [-0.4, -0.2) is 59.3 Å². The molecule has 5 nitrogen and oxygen atoms in total. The molecule has 0 amide bonds. The molecule has 4 aliphatic heterocycles. The van der Waals surface area contributed by atoms with Crippen LogP contribution in [0.4, 0.5) is 0 Å². The Morgan fingerprint density at radius 1 is 1.12 bits per heavy atom. The zero-order valence-corrected chi connectivity index (χ0v) is 17.5. The smallest absolute Gasteiger partial charge is 0.119 e. The van der Waals surface area contributed by atoms with Gasteiger partial charge in [-0.25, -0.2) is 4.98 Å². The molecule has 0 saturated carbocycles. The predicted molar refractivity (Wildman–Crippen MR) is 109 cm³/mol.